The number of hydrogen-bond acceptors (Lipinski definition) is 4. The summed E-state index contributed by atoms with van der Waals surface area (Å²) in [4.78, 5) is 11.8. The first-order valence-electron chi connectivity index (χ1n) is 5.35. The number of fused-ring (bicyclic) bond motifs is 1. The highest BCUT2D eigenvalue weighted by atomic mass is 16.3. The maximum atomic E-state index is 11.8. The van der Waals surface area contributed by atoms with Crippen molar-refractivity contribution < 1.29 is 9.90 Å². The summed E-state index contributed by atoms with van der Waals surface area (Å²) in [6, 6.07) is 5.23. The predicted molar refractivity (Wildman–Crippen MR) is 64.5 cm³/mol. The molecule has 0 atom stereocenters. The van der Waals surface area contributed by atoms with Gasteiger partial charge in [-0.2, -0.15) is 5.10 Å². The molecule has 1 aromatic carbocycles. The van der Waals surface area contributed by atoms with Crippen LogP contribution < -0.4 is 11.1 Å². The van der Waals surface area contributed by atoms with Crippen molar-refractivity contribution in [3.8, 4) is 0 Å². The molecule has 0 saturated carbocycles. The Balaban J connectivity index is 2.23. The Hall–Kier alpha value is -2.08. The molecule has 0 bridgehead atoms. The van der Waals surface area contributed by atoms with E-state index in [0.29, 0.717) is 29.7 Å². The van der Waals surface area contributed by atoms with E-state index in [9.17, 15) is 4.79 Å². The first-order valence-corrected chi connectivity index (χ1v) is 5.35. The fourth-order valence-corrected chi connectivity index (χ4v) is 1.57. The first-order chi connectivity index (χ1) is 8.22. The number of carbonyl (C=O) groups is 1. The molecular formula is C11H14N4O2. The quantitative estimate of drug-likeness (QED) is 0.450. The lowest BCUT2D eigenvalue weighted by Crippen LogP contribution is -2.25. The van der Waals surface area contributed by atoms with Crippen LogP contribution in [0.1, 0.15) is 16.9 Å². The number of nitrogens with one attached hydrogen (secondary N) is 2. The summed E-state index contributed by atoms with van der Waals surface area (Å²) in [5.41, 5.74) is 7.35. The fourth-order valence-electron chi connectivity index (χ4n) is 1.57. The first kappa shape index (κ1) is 11.4. The Morgan fingerprint density at radius 3 is 3.12 bits per heavy atom. The van der Waals surface area contributed by atoms with Gasteiger partial charge in [-0.25, -0.2) is 0 Å². The van der Waals surface area contributed by atoms with Crippen LogP contribution in [0.5, 0.6) is 0 Å². The van der Waals surface area contributed by atoms with Crippen LogP contribution in [0.3, 0.4) is 0 Å². The molecule has 0 aliphatic carbocycles. The average Bonchev–Trinajstić information content (AvgIpc) is 2.72. The third-order valence-electron chi connectivity index (χ3n) is 2.42. The molecule has 6 heteroatoms. The van der Waals surface area contributed by atoms with E-state index in [4.69, 9.17) is 10.8 Å². The zero-order valence-corrected chi connectivity index (χ0v) is 9.23. The minimum Gasteiger partial charge on any atom is -0.399 e. The van der Waals surface area contributed by atoms with Gasteiger partial charge in [-0.15, -0.1) is 0 Å². The Labute approximate surface area is 97.8 Å². The molecule has 1 heterocycles. The van der Waals surface area contributed by atoms with Gasteiger partial charge in [0.25, 0.3) is 5.91 Å². The number of aliphatic hydroxyl groups excluding tert-OH is 1. The number of aromatic nitrogens is 2. The summed E-state index contributed by atoms with van der Waals surface area (Å²) >= 11 is 0. The van der Waals surface area contributed by atoms with Gasteiger partial charge in [0.1, 0.15) is 0 Å². The summed E-state index contributed by atoms with van der Waals surface area (Å²) in [7, 11) is 0. The van der Waals surface area contributed by atoms with E-state index in [1.807, 2.05) is 0 Å². The Kier molecular flexibility index (Phi) is 3.24. The molecule has 2 rings (SSSR count). The number of nitrogens with zero attached hydrogens (tertiary/aromatic N) is 1. The van der Waals surface area contributed by atoms with Gasteiger partial charge >= 0.3 is 0 Å². The van der Waals surface area contributed by atoms with E-state index < -0.39 is 0 Å². The number of H-pyrrole nitrogens is 1. The highest BCUT2D eigenvalue weighted by Crippen LogP contribution is 2.18. The monoisotopic (exact) mass is 234 g/mol. The molecule has 0 aliphatic heterocycles. The minimum absolute atomic E-state index is 0.0501. The predicted octanol–water partition coefficient (Wildman–Crippen LogP) is 0.257. The number of rotatable bonds is 4. The molecule has 5 N–H and O–H groups in total. The van der Waals surface area contributed by atoms with Crippen LogP contribution in [-0.4, -0.2) is 34.4 Å². The van der Waals surface area contributed by atoms with Crippen LogP contribution in [0.25, 0.3) is 10.9 Å². The molecule has 0 radical (unpaired) electrons. The number of nitrogens with two attached hydrogens (primary N) is 1. The van der Waals surface area contributed by atoms with Crippen molar-refractivity contribution in [2.45, 2.75) is 6.42 Å². The zero-order chi connectivity index (χ0) is 12.3. The van der Waals surface area contributed by atoms with Gasteiger partial charge in [-0.1, -0.05) is 0 Å². The Morgan fingerprint density at radius 1 is 1.53 bits per heavy atom. The highest BCUT2D eigenvalue weighted by Gasteiger charge is 2.13. The lowest BCUT2D eigenvalue weighted by atomic mass is 10.2. The summed E-state index contributed by atoms with van der Waals surface area (Å²) in [5.74, 6) is -0.268. The number of hydrogen-bond donors (Lipinski definition) is 4. The molecule has 0 spiro atoms. The second-order valence-corrected chi connectivity index (χ2v) is 3.71. The van der Waals surface area contributed by atoms with Crippen molar-refractivity contribution in [1.82, 2.24) is 15.5 Å². The van der Waals surface area contributed by atoms with E-state index in [1.54, 1.807) is 18.2 Å². The molecule has 1 amide bonds. The Bertz CT molecular complexity index is 535. The Morgan fingerprint density at radius 2 is 2.35 bits per heavy atom. The van der Waals surface area contributed by atoms with Crippen LogP contribution >= 0.6 is 0 Å². The maximum Gasteiger partial charge on any atom is 0.272 e. The average molecular weight is 234 g/mol. The van der Waals surface area contributed by atoms with Crippen molar-refractivity contribution in [2.75, 3.05) is 18.9 Å². The number of benzene rings is 1. The molecular weight excluding hydrogens is 220 g/mol. The number of nitrogen functional groups attached to an aromatic ring is 1. The van der Waals surface area contributed by atoms with Crippen molar-refractivity contribution >= 4 is 22.5 Å². The van der Waals surface area contributed by atoms with Gasteiger partial charge in [0.15, 0.2) is 5.69 Å². The van der Waals surface area contributed by atoms with Gasteiger partial charge in [-0.05, 0) is 24.6 Å². The number of aromatic amines is 1. The van der Waals surface area contributed by atoms with Crippen molar-refractivity contribution in [2.24, 2.45) is 0 Å². The number of carbonyl (C=O) groups excluding carboxylic acids is 1. The molecule has 0 aliphatic rings. The van der Waals surface area contributed by atoms with E-state index in [1.165, 1.54) is 0 Å². The summed E-state index contributed by atoms with van der Waals surface area (Å²) in [6.45, 7) is 0.473. The molecule has 0 fully saturated rings. The van der Waals surface area contributed by atoms with Crippen molar-refractivity contribution in [1.29, 1.82) is 0 Å². The molecule has 1 aromatic heterocycles. The van der Waals surface area contributed by atoms with E-state index in [0.717, 1.165) is 5.52 Å². The van der Waals surface area contributed by atoms with Crippen LogP contribution in [-0.2, 0) is 0 Å². The van der Waals surface area contributed by atoms with Gasteiger partial charge in [-0.3, -0.25) is 9.89 Å². The van der Waals surface area contributed by atoms with Crippen molar-refractivity contribution in [3.05, 3.63) is 23.9 Å². The van der Waals surface area contributed by atoms with Crippen LogP contribution in [0.15, 0.2) is 18.2 Å². The topological polar surface area (TPSA) is 104 Å². The minimum atomic E-state index is -0.268. The van der Waals surface area contributed by atoms with E-state index in [-0.39, 0.29) is 12.5 Å². The standard InChI is InChI=1S/C11H14N4O2/c12-7-2-3-9-8(6-7)10(15-14-9)11(17)13-4-1-5-16/h2-3,6,16H,1,4-5,12H2,(H,13,17)(H,14,15). The molecule has 6 nitrogen and oxygen atoms in total. The summed E-state index contributed by atoms with van der Waals surface area (Å²) < 4.78 is 0. The molecule has 0 unspecified atom stereocenters. The zero-order valence-electron chi connectivity index (χ0n) is 9.23. The van der Waals surface area contributed by atoms with Gasteiger partial charge in [0, 0.05) is 24.2 Å². The SMILES string of the molecule is Nc1ccc2[nH]nc(C(=O)NCCCO)c2c1. The van der Waals surface area contributed by atoms with E-state index in [2.05, 4.69) is 15.5 Å². The normalized spacial score (nSPS) is 10.6. The van der Waals surface area contributed by atoms with Crippen LogP contribution in [0.4, 0.5) is 5.69 Å². The lowest BCUT2D eigenvalue weighted by Gasteiger charge is -2.01. The number of aliphatic hydroxyl groups is 1. The second kappa shape index (κ2) is 4.84. The lowest BCUT2D eigenvalue weighted by molar-refractivity contribution is 0.0948. The molecule has 90 valence electrons. The van der Waals surface area contributed by atoms with Gasteiger partial charge in [0.2, 0.25) is 0 Å². The van der Waals surface area contributed by atoms with E-state index >= 15 is 0 Å². The van der Waals surface area contributed by atoms with Crippen molar-refractivity contribution in [3.63, 3.8) is 0 Å². The second-order valence-electron chi connectivity index (χ2n) is 3.71. The van der Waals surface area contributed by atoms with Gasteiger partial charge in [0.05, 0.1) is 5.52 Å². The number of amides is 1. The molecule has 17 heavy (non-hydrogen) atoms. The third-order valence-corrected chi connectivity index (χ3v) is 2.42. The maximum absolute atomic E-state index is 11.8. The summed E-state index contributed by atoms with van der Waals surface area (Å²) in [5, 5.41) is 18.7. The summed E-state index contributed by atoms with van der Waals surface area (Å²) in [6.07, 6.45) is 0.524. The highest BCUT2D eigenvalue weighted by molar-refractivity contribution is 6.05. The third kappa shape index (κ3) is 2.36. The largest absolute Gasteiger partial charge is 0.399 e. The van der Waals surface area contributed by atoms with Gasteiger partial charge < -0.3 is 16.2 Å². The smallest absolute Gasteiger partial charge is 0.272 e. The molecule has 0 saturated heterocycles. The van der Waals surface area contributed by atoms with Crippen LogP contribution in [0, 0.1) is 0 Å². The van der Waals surface area contributed by atoms with Crippen LogP contribution in [0.2, 0.25) is 0 Å². The fraction of sp³-hybridized carbons (Fsp3) is 0.273. The number of anilines is 1. The molecule has 2 aromatic rings.